The molecule has 132 valence electrons. The Kier molecular flexibility index (Phi) is 8.15. The molecule has 1 rings (SSSR count). The molecule has 2 amide bonds. The van der Waals surface area contributed by atoms with E-state index in [0.717, 1.165) is 19.4 Å². The Morgan fingerprint density at radius 1 is 1.35 bits per heavy atom. The summed E-state index contributed by atoms with van der Waals surface area (Å²) in [7, 11) is 0. The lowest BCUT2D eigenvalue weighted by Gasteiger charge is -2.27. The Hall–Kier alpha value is -1.51. The summed E-state index contributed by atoms with van der Waals surface area (Å²) in [6.07, 6.45) is 0.887. The molecule has 0 radical (unpaired) electrons. The predicted octanol–water partition coefficient (Wildman–Crippen LogP) is -1.73. The number of ketones is 1. The highest BCUT2D eigenvalue weighted by Crippen LogP contribution is 2.10. The molecule has 0 bridgehead atoms. The van der Waals surface area contributed by atoms with E-state index in [4.69, 9.17) is 5.73 Å². The van der Waals surface area contributed by atoms with Crippen LogP contribution in [0.1, 0.15) is 33.1 Å². The fourth-order valence-corrected chi connectivity index (χ4v) is 2.56. The van der Waals surface area contributed by atoms with Crippen molar-refractivity contribution in [1.82, 2.24) is 16.0 Å². The van der Waals surface area contributed by atoms with Gasteiger partial charge in [-0.25, -0.2) is 0 Å². The monoisotopic (exact) mass is 328 g/mol. The largest absolute Gasteiger partial charge is 0.391 e. The summed E-state index contributed by atoms with van der Waals surface area (Å²) in [5, 5.41) is 18.1. The van der Waals surface area contributed by atoms with E-state index in [9.17, 15) is 19.5 Å². The second-order valence-electron chi connectivity index (χ2n) is 6.02. The molecule has 1 saturated heterocycles. The first-order chi connectivity index (χ1) is 10.9. The Bertz CT molecular complexity index is 422. The van der Waals surface area contributed by atoms with Gasteiger partial charge < -0.3 is 26.8 Å². The van der Waals surface area contributed by atoms with E-state index < -0.39 is 24.1 Å². The highest BCUT2D eigenvalue weighted by atomic mass is 16.3. The molecule has 0 spiro atoms. The molecule has 6 N–H and O–H groups in total. The maximum Gasteiger partial charge on any atom is 0.245 e. The fourth-order valence-electron chi connectivity index (χ4n) is 2.56. The van der Waals surface area contributed by atoms with Crippen molar-refractivity contribution in [3.8, 4) is 0 Å². The minimum atomic E-state index is -1.09. The minimum absolute atomic E-state index is 0.212. The third kappa shape index (κ3) is 6.25. The van der Waals surface area contributed by atoms with Crippen molar-refractivity contribution in [3.63, 3.8) is 0 Å². The molecule has 23 heavy (non-hydrogen) atoms. The maximum absolute atomic E-state index is 12.3. The van der Waals surface area contributed by atoms with E-state index in [0.29, 0.717) is 13.0 Å². The van der Waals surface area contributed by atoms with Gasteiger partial charge in [-0.2, -0.15) is 0 Å². The third-order valence-corrected chi connectivity index (χ3v) is 3.99. The van der Waals surface area contributed by atoms with Crippen molar-refractivity contribution in [2.75, 3.05) is 19.6 Å². The van der Waals surface area contributed by atoms with Crippen LogP contribution in [0.4, 0.5) is 0 Å². The molecule has 4 atom stereocenters. The van der Waals surface area contributed by atoms with Gasteiger partial charge in [0, 0.05) is 6.54 Å². The summed E-state index contributed by atoms with van der Waals surface area (Å²) in [6.45, 7) is 4.48. The molecule has 1 unspecified atom stereocenters. The molecule has 8 nitrogen and oxygen atoms in total. The molecule has 0 aromatic heterocycles. The maximum atomic E-state index is 12.3. The van der Waals surface area contributed by atoms with Crippen molar-refractivity contribution < 1.29 is 19.5 Å². The number of carbonyl (C=O) groups is 3. The molecule has 0 aromatic rings. The minimum Gasteiger partial charge on any atom is -0.391 e. The van der Waals surface area contributed by atoms with Gasteiger partial charge in [-0.15, -0.1) is 0 Å². The number of nitrogens with one attached hydrogen (secondary N) is 3. The number of hydrogen-bond acceptors (Lipinski definition) is 6. The lowest BCUT2D eigenvalue weighted by molar-refractivity contribution is -0.135. The normalized spacial score (nSPS) is 21.8. The van der Waals surface area contributed by atoms with E-state index in [-0.39, 0.29) is 24.2 Å². The highest BCUT2D eigenvalue weighted by Gasteiger charge is 2.31. The van der Waals surface area contributed by atoms with Crippen LogP contribution in [0.2, 0.25) is 0 Å². The number of nitrogens with two attached hydrogens (primary N) is 1. The first-order valence-corrected chi connectivity index (χ1v) is 8.06. The molecule has 0 aromatic carbocycles. The van der Waals surface area contributed by atoms with Crippen LogP contribution < -0.4 is 21.7 Å². The average Bonchev–Trinajstić information content (AvgIpc) is 2.52. The first-order valence-electron chi connectivity index (χ1n) is 8.06. The van der Waals surface area contributed by atoms with Gasteiger partial charge in [-0.1, -0.05) is 0 Å². The average molecular weight is 328 g/mol. The summed E-state index contributed by atoms with van der Waals surface area (Å²) in [6, 6.07) is -1.80. The Morgan fingerprint density at radius 2 is 2.04 bits per heavy atom. The molecular weight excluding hydrogens is 300 g/mol. The predicted molar refractivity (Wildman–Crippen MR) is 85.5 cm³/mol. The van der Waals surface area contributed by atoms with Gasteiger partial charge in [0.2, 0.25) is 11.8 Å². The number of Topliss-reactive ketones (excluding diaryl/α,β-unsaturated/α-hetero) is 1. The number of carbonyl (C=O) groups excluding carboxylic acids is 3. The number of aliphatic hydroxyl groups excluding tert-OH is 1. The molecule has 0 saturated carbocycles. The quantitative estimate of drug-likeness (QED) is 0.360. The lowest BCUT2D eigenvalue weighted by Crippen LogP contribution is -2.57. The zero-order valence-corrected chi connectivity index (χ0v) is 13.8. The number of rotatable bonds is 8. The topological polar surface area (TPSA) is 134 Å². The molecule has 1 aliphatic rings. The first kappa shape index (κ1) is 19.5. The SMILES string of the molecule is CC(=O)[C@H](CCN)NC(=O)[C@@H](NC(=O)[C@@H]1CCCNC1)C(C)O. The van der Waals surface area contributed by atoms with Crippen molar-refractivity contribution >= 4 is 17.6 Å². The van der Waals surface area contributed by atoms with Gasteiger partial charge in [0.25, 0.3) is 0 Å². The van der Waals surface area contributed by atoms with Crippen LogP contribution in [0.3, 0.4) is 0 Å². The molecule has 0 aliphatic carbocycles. The molecule has 8 heteroatoms. The van der Waals surface area contributed by atoms with Gasteiger partial charge in [-0.3, -0.25) is 14.4 Å². The summed E-state index contributed by atoms with van der Waals surface area (Å²) >= 11 is 0. The number of piperidine rings is 1. The van der Waals surface area contributed by atoms with E-state index in [2.05, 4.69) is 16.0 Å². The van der Waals surface area contributed by atoms with Gasteiger partial charge in [0.15, 0.2) is 5.78 Å². The number of hydrogen-bond donors (Lipinski definition) is 5. The smallest absolute Gasteiger partial charge is 0.245 e. The van der Waals surface area contributed by atoms with Crippen LogP contribution in [-0.2, 0) is 14.4 Å². The van der Waals surface area contributed by atoms with Crippen molar-refractivity contribution in [1.29, 1.82) is 0 Å². The number of amides is 2. The fraction of sp³-hybridized carbons (Fsp3) is 0.800. The molecule has 1 fully saturated rings. The second kappa shape index (κ2) is 9.59. The molecule has 1 aliphatic heterocycles. The van der Waals surface area contributed by atoms with Gasteiger partial charge >= 0.3 is 0 Å². The zero-order valence-electron chi connectivity index (χ0n) is 13.8. The zero-order chi connectivity index (χ0) is 17.4. The molecular formula is C15H28N4O4. The number of aliphatic hydroxyl groups is 1. The van der Waals surface area contributed by atoms with Crippen LogP contribution in [0.5, 0.6) is 0 Å². The second-order valence-corrected chi connectivity index (χ2v) is 6.02. The van der Waals surface area contributed by atoms with Crippen molar-refractivity contribution in [3.05, 3.63) is 0 Å². The summed E-state index contributed by atoms with van der Waals surface area (Å²) in [5.41, 5.74) is 5.43. The van der Waals surface area contributed by atoms with Gasteiger partial charge in [0.1, 0.15) is 6.04 Å². The lowest BCUT2D eigenvalue weighted by atomic mass is 9.98. The standard InChI is InChI=1S/C15H28N4O4/c1-9(20)12(5-6-16)18-15(23)13(10(2)21)19-14(22)11-4-3-7-17-8-11/h10-13,17,21H,3-8,16H2,1-2H3,(H,18,23)(H,19,22)/t10?,11-,12+,13+/m1/s1. The van der Waals surface area contributed by atoms with E-state index in [1.165, 1.54) is 13.8 Å². The van der Waals surface area contributed by atoms with Crippen LogP contribution in [0, 0.1) is 5.92 Å². The third-order valence-electron chi connectivity index (χ3n) is 3.99. The van der Waals surface area contributed by atoms with Crippen LogP contribution in [0.25, 0.3) is 0 Å². The Labute approximate surface area is 136 Å². The van der Waals surface area contributed by atoms with E-state index in [1.807, 2.05) is 0 Å². The van der Waals surface area contributed by atoms with E-state index >= 15 is 0 Å². The highest BCUT2D eigenvalue weighted by molar-refractivity contribution is 5.92. The summed E-state index contributed by atoms with van der Waals surface area (Å²) in [4.78, 5) is 36.0. The van der Waals surface area contributed by atoms with E-state index in [1.54, 1.807) is 0 Å². The van der Waals surface area contributed by atoms with Crippen molar-refractivity contribution in [2.24, 2.45) is 11.7 Å². The molecule has 1 heterocycles. The Balaban J connectivity index is 2.66. The Morgan fingerprint density at radius 3 is 2.52 bits per heavy atom. The van der Waals surface area contributed by atoms with Crippen LogP contribution in [-0.4, -0.2) is 60.5 Å². The van der Waals surface area contributed by atoms with Crippen molar-refractivity contribution in [2.45, 2.75) is 51.3 Å². The van der Waals surface area contributed by atoms with Crippen LogP contribution >= 0.6 is 0 Å². The van der Waals surface area contributed by atoms with Crippen LogP contribution in [0.15, 0.2) is 0 Å². The summed E-state index contributed by atoms with van der Waals surface area (Å²) < 4.78 is 0. The van der Waals surface area contributed by atoms with Gasteiger partial charge in [0.05, 0.1) is 18.1 Å². The van der Waals surface area contributed by atoms with Gasteiger partial charge in [-0.05, 0) is 46.2 Å². The summed E-state index contributed by atoms with van der Waals surface area (Å²) in [5.74, 6) is -1.27.